The van der Waals surface area contributed by atoms with Crippen LogP contribution in [0, 0.1) is 5.92 Å². The van der Waals surface area contributed by atoms with E-state index in [1.807, 2.05) is 30.3 Å². The third-order valence-corrected chi connectivity index (χ3v) is 6.05. The highest BCUT2D eigenvalue weighted by atomic mass is 32.1. The summed E-state index contributed by atoms with van der Waals surface area (Å²) < 4.78 is 4.53. The molecule has 2 aromatic rings. The van der Waals surface area contributed by atoms with Crippen LogP contribution in [0.1, 0.15) is 46.1 Å². The van der Waals surface area contributed by atoms with Crippen LogP contribution in [-0.4, -0.2) is 25.0 Å². The number of anilines is 1. The smallest absolute Gasteiger partial charge is 0.413 e. The minimum atomic E-state index is -0.810. The Balaban J connectivity index is 1.78. The van der Waals surface area contributed by atoms with E-state index in [-0.39, 0.29) is 5.91 Å². The van der Waals surface area contributed by atoms with E-state index in [0.717, 1.165) is 35.3 Å². The fraction of sp³-hybridized carbons (Fsp3) is 0.381. The first-order valence-electron chi connectivity index (χ1n) is 9.35. The number of amides is 3. The van der Waals surface area contributed by atoms with Crippen LogP contribution in [0.2, 0.25) is 0 Å². The van der Waals surface area contributed by atoms with Gasteiger partial charge in [-0.3, -0.25) is 14.9 Å². The molecule has 1 aromatic carbocycles. The Labute approximate surface area is 168 Å². The Morgan fingerprint density at radius 1 is 1.21 bits per heavy atom. The summed E-state index contributed by atoms with van der Waals surface area (Å²) in [6.07, 6.45) is 2.74. The fourth-order valence-corrected chi connectivity index (χ4v) is 4.80. The molecule has 2 N–H and O–H groups in total. The van der Waals surface area contributed by atoms with Crippen LogP contribution in [0.15, 0.2) is 30.3 Å². The number of carbonyl (C=O) groups is 3. The lowest BCUT2D eigenvalue weighted by atomic mass is 9.88. The Bertz CT molecular complexity index is 876. The second-order valence-electron chi connectivity index (χ2n) is 7.04. The summed E-state index contributed by atoms with van der Waals surface area (Å²) >= 11 is 1.43. The number of rotatable bonds is 5. The molecule has 1 aromatic heterocycles. The molecule has 7 heteroatoms. The molecule has 1 aliphatic carbocycles. The van der Waals surface area contributed by atoms with Crippen molar-refractivity contribution in [2.75, 3.05) is 12.4 Å². The highest BCUT2D eigenvalue weighted by molar-refractivity contribution is 7.17. The number of aryl methyl sites for hydroxylation is 1. The number of benzene rings is 1. The zero-order valence-corrected chi connectivity index (χ0v) is 16.9. The van der Waals surface area contributed by atoms with Crippen LogP contribution in [0.3, 0.4) is 0 Å². The number of hydrogen-bond acceptors (Lipinski definition) is 5. The monoisotopic (exact) mass is 400 g/mol. The molecular weight excluding hydrogens is 376 g/mol. The number of imide groups is 1. The minimum absolute atomic E-state index is 0.150. The van der Waals surface area contributed by atoms with Gasteiger partial charge in [-0.1, -0.05) is 37.3 Å². The van der Waals surface area contributed by atoms with Crippen LogP contribution >= 0.6 is 11.3 Å². The van der Waals surface area contributed by atoms with Gasteiger partial charge in [0.25, 0.3) is 5.91 Å². The summed E-state index contributed by atoms with van der Waals surface area (Å²) in [5, 5.41) is 5.62. The van der Waals surface area contributed by atoms with Crippen LogP contribution in [0.25, 0.3) is 0 Å². The predicted octanol–water partition coefficient (Wildman–Crippen LogP) is 3.94. The maximum Gasteiger partial charge on any atom is 0.413 e. The van der Waals surface area contributed by atoms with Gasteiger partial charge >= 0.3 is 6.09 Å². The van der Waals surface area contributed by atoms with E-state index in [0.29, 0.717) is 29.3 Å². The van der Waals surface area contributed by atoms with Gasteiger partial charge in [0.15, 0.2) is 0 Å². The molecule has 0 fully saturated rings. The molecule has 1 aliphatic rings. The van der Waals surface area contributed by atoms with Crippen LogP contribution in [-0.2, 0) is 28.8 Å². The summed E-state index contributed by atoms with van der Waals surface area (Å²) in [6.45, 7) is 2.18. The molecule has 0 radical (unpaired) electrons. The van der Waals surface area contributed by atoms with Gasteiger partial charge in [0.1, 0.15) is 5.00 Å². The first-order valence-corrected chi connectivity index (χ1v) is 10.2. The van der Waals surface area contributed by atoms with Crippen LogP contribution in [0.5, 0.6) is 0 Å². The van der Waals surface area contributed by atoms with E-state index < -0.39 is 12.0 Å². The van der Waals surface area contributed by atoms with Crippen LogP contribution in [0.4, 0.5) is 9.80 Å². The second kappa shape index (κ2) is 9.01. The molecule has 28 heavy (non-hydrogen) atoms. The number of alkyl carbamates (subject to hydrolysis) is 1. The normalized spacial score (nSPS) is 15.4. The maximum atomic E-state index is 12.7. The molecule has 6 nitrogen and oxygen atoms in total. The maximum absolute atomic E-state index is 12.7. The fourth-order valence-electron chi connectivity index (χ4n) is 3.38. The third kappa shape index (κ3) is 4.78. The van der Waals surface area contributed by atoms with Gasteiger partial charge in [-0.25, -0.2) is 4.79 Å². The Hall–Kier alpha value is -2.67. The summed E-state index contributed by atoms with van der Waals surface area (Å²) in [5.41, 5.74) is 2.41. The molecule has 0 unspecified atom stereocenters. The van der Waals surface area contributed by atoms with Gasteiger partial charge in [-0.05, 0) is 42.7 Å². The van der Waals surface area contributed by atoms with Crippen molar-refractivity contribution in [1.29, 1.82) is 0 Å². The Kier molecular flexibility index (Phi) is 6.46. The summed E-state index contributed by atoms with van der Waals surface area (Å²) in [4.78, 5) is 37.7. The Morgan fingerprint density at radius 2 is 1.96 bits per heavy atom. The minimum Gasteiger partial charge on any atom is -0.453 e. The van der Waals surface area contributed by atoms with Crippen molar-refractivity contribution in [1.82, 2.24) is 5.32 Å². The van der Waals surface area contributed by atoms with E-state index in [4.69, 9.17) is 0 Å². The van der Waals surface area contributed by atoms with Gasteiger partial charge in [-0.2, -0.15) is 0 Å². The molecule has 0 saturated carbocycles. The van der Waals surface area contributed by atoms with Crippen molar-refractivity contribution in [3.63, 3.8) is 0 Å². The van der Waals surface area contributed by atoms with E-state index >= 15 is 0 Å². The third-order valence-electron chi connectivity index (χ3n) is 4.88. The van der Waals surface area contributed by atoms with Crippen molar-refractivity contribution in [3.8, 4) is 0 Å². The van der Waals surface area contributed by atoms with E-state index in [2.05, 4.69) is 22.3 Å². The highest BCUT2D eigenvalue weighted by Gasteiger charge is 2.29. The molecule has 0 bridgehead atoms. The average molecular weight is 401 g/mol. The topological polar surface area (TPSA) is 84.5 Å². The first kappa shape index (κ1) is 20.1. The number of thiophene rings is 1. The molecular formula is C21H24N2O4S. The van der Waals surface area contributed by atoms with Gasteiger partial charge < -0.3 is 10.1 Å². The average Bonchev–Trinajstić information content (AvgIpc) is 3.03. The van der Waals surface area contributed by atoms with E-state index in [1.54, 1.807) is 0 Å². The lowest BCUT2D eigenvalue weighted by Crippen LogP contribution is -2.31. The second-order valence-corrected chi connectivity index (χ2v) is 8.14. The number of nitrogens with one attached hydrogen (secondary N) is 2. The number of hydrogen-bond donors (Lipinski definition) is 2. The van der Waals surface area contributed by atoms with Crippen LogP contribution < -0.4 is 10.6 Å². The van der Waals surface area contributed by atoms with Crippen molar-refractivity contribution < 1.29 is 19.1 Å². The van der Waals surface area contributed by atoms with Gasteiger partial charge in [-0.15, -0.1) is 11.3 Å². The largest absolute Gasteiger partial charge is 0.453 e. The number of ether oxygens (including phenoxy) is 1. The summed E-state index contributed by atoms with van der Waals surface area (Å²) in [6, 6.07) is 9.78. The quantitative estimate of drug-likeness (QED) is 0.796. The highest BCUT2D eigenvalue weighted by Crippen LogP contribution is 2.39. The molecule has 148 valence electrons. The predicted molar refractivity (Wildman–Crippen MR) is 109 cm³/mol. The van der Waals surface area contributed by atoms with Gasteiger partial charge in [0.05, 0.1) is 12.7 Å². The molecule has 0 spiro atoms. The molecule has 3 amide bonds. The lowest BCUT2D eigenvalue weighted by molar-refractivity contribution is -0.116. The lowest BCUT2D eigenvalue weighted by Gasteiger charge is -2.18. The molecule has 3 rings (SSSR count). The Morgan fingerprint density at radius 3 is 2.68 bits per heavy atom. The van der Waals surface area contributed by atoms with Crippen molar-refractivity contribution >= 4 is 34.2 Å². The summed E-state index contributed by atoms with van der Waals surface area (Å²) in [7, 11) is 1.21. The van der Waals surface area contributed by atoms with E-state index in [1.165, 1.54) is 18.4 Å². The summed E-state index contributed by atoms with van der Waals surface area (Å²) in [5.74, 6) is -0.149. The first-order chi connectivity index (χ1) is 13.5. The van der Waals surface area contributed by atoms with Crippen molar-refractivity contribution in [2.45, 2.75) is 39.0 Å². The number of carbonyl (C=O) groups excluding carboxylic acids is 3. The molecule has 0 aliphatic heterocycles. The van der Waals surface area contributed by atoms with Gasteiger partial charge in [0, 0.05) is 11.3 Å². The number of methoxy groups -OCH3 is 1. The molecule has 1 atom stereocenters. The van der Waals surface area contributed by atoms with Crippen molar-refractivity contribution in [2.24, 2.45) is 5.92 Å². The SMILES string of the molecule is COC(=O)NC(=O)c1c(NC(=O)CCc2ccccc2)sc2c1CC[C@H](C)C2. The molecule has 0 saturated heterocycles. The zero-order valence-electron chi connectivity index (χ0n) is 16.0. The standard InChI is InChI=1S/C21H24N2O4S/c1-13-8-10-15-16(12-13)28-20(18(15)19(25)23-21(26)27-2)22-17(24)11-9-14-6-4-3-5-7-14/h3-7,13H,8-12H2,1-2H3,(H,22,24)(H,23,25,26)/t13-/m0/s1. The zero-order chi connectivity index (χ0) is 20.1. The van der Waals surface area contributed by atoms with Crippen molar-refractivity contribution in [3.05, 3.63) is 51.9 Å². The van der Waals surface area contributed by atoms with E-state index in [9.17, 15) is 14.4 Å². The molecule has 1 heterocycles. The number of fused-ring (bicyclic) bond motifs is 1. The van der Waals surface area contributed by atoms with Gasteiger partial charge in [0.2, 0.25) is 5.91 Å².